The SMILES string of the molecule is NC1CCc2ncc(NC(=O)CCn3[nH]c(=O)c4ccccc43)cc2C1.O=C(O)C(F)(F)F. The normalized spacial score (nSPS) is 15.3. The van der Waals surface area contributed by atoms with Crippen LogP contribution in [0.15, 0.2) is 41.3 Å². The number of nitrogens with two attached hydrogens (primary N) is 1. The van der Waals surface area contributed by atoms with Crippen molar-refractivity contribution in [1.82, 2.24) is 14.8 Å². The van der Waals surface area contributed by atoms with Crippen LogP contribution in [0.4, 0.5) is 18.9 Å². The molecular formula is C21H22F3N5O4. The number of carbonyl (C=O) groups is 2. The van der Waals surface area contributed by atoms with Crippen molar-refractivity contribution < 1.29 is 27.9 Å². The van der Waals surface area contributed by atoms with Crippen LogP contribution >= 0.6 is 0 Å². The summed E-state index contributed by atoms with van der Waals surface area (Å²) in [7, 11) is 0. The molecule has 5 N–H and O–H groups in total. The fraction of sp³-hybridized carbons (Fsp3) is 0.333. The number of hydrogen-bond acceptors (Lipinski definition) is 5. The Kier molecular flexibility index (Phi) is 7.16. The van der Waals surface area contributed by atoms with E-state index in [1.54, 1.807) is 16.9 Å². The van der Waals surface area contributed by atoms with E-state index in [1.165, 1.54) is 0 Å². The zero-order chi connectivity index (χ0) is 24.2. The molecule has 12 heteroatoms. The lowest BCUT2D eigenvalue weighted by atomic mass is 9.92. The van der Waals surface area contributed by atoms with Crippen LogP contribution in [0.25, 0.3) is 10.9 Å². The Labute approximate surface area is 185 Å². The molecule has 176 valence electrons. The van der Waals surface area contributed by atoms with Crippen molar-refractivity contribution in [2.24, 2.45) is 5.73 Å². The van der Waals surface area contributed by atoms with Crippen molar-refractivity contribution in [3.63, 3.8) is 0 Å². The number of rotatable bonds is 4. The van der Waals surface area contributed by atoms with Crippen LogP contribution in [-0.2, 0) is 29.0 Å². The molecule has 1 aromatic carbocycles. The van der Waals surface area contributed by atoms with Gasteiger partial charge in [-0.3, -0.25) is 24.4 Å². The first-order valence-electron chi connectivity index (χ1n) is 10.1. The molecule has 1 amide bonds. The Morgan fingerprint density at radius 2 is 2.00 bits per heavy atom. The highest BCUT2D eigenvalue weighted by Gasteiger charge is 2.38. The molecule has 33 heavy (non-hydrogen) atoms. The topological polar surface area (TPSA) is 143 Å². The van der Waals surface area contributed by atoms with Crippen molar-refractivity contribution in [3.05, 3.63) is 58.1 Å². The van der Waals surface area contributed by atoms with Crippen molar-refractivity contribution in [2.45, 2.75) is 44.4 Å². The third kappa shape index (κ3) is 6.19. The van der Waals surface area contributed by atoms with Gasteiger partial charge in [-0.2, -0.15) is 13.2 Å². The van der Waals surface area contributed by atoms with Gasteiger partial charge in [0.05, 0.1) is 22.8 Å². The van der Waals surface area contributed by atoms with Crippen LogP contribution < -0.4 is 16.6 Å². The van der Waals surface area contributed by atoms with Crippen LogP contribution in [0.3, 0.4) is 0 Å². The van der Waals surface area contributed by atoms with Gasteiger partial charge in [0.2, 0.25) is 5.91 Å². The molecule has 1 atom stereocenters. The van der Waals surface area contributed by atoms with Crippen molar-refractivity contribution in [1.29, 1.82) is 0 Å². The molecule has 2 aromatic heterocycles. The van der Waals surface area contributed by atoms with E-state index in [0.29, 0.717) is 17.6 Å². The fourth-order valence-corrected chi connectivity index (χ4v) is 3.47. The number of para-hydroxylation sites is 1. The van der Waals surface area contributed by atoms with Gasteiger partial charge in [0, 0.05) is 24.7 Å². The Hall–Kier alpha value is -3.67. The molecular weight excluding hydrogens is 443 g/mol. The lowest BCUT2D eigenvalue weighted by molar-refractivity contribution is -0.192. The van der Waals surface area contributed by atoms with Crippen LogP contribution in [0, 0.1) is 0 Å². The highest BCUT2D eigenvalue weighted by Crippen LogP contribution is 2.22. The van der Waals surface area contributed by atoms with Gasteiger partial charge in [-0.1, -0.05) is 12.1 Å². The number of anilines is 1. The first-order chi connectivity index (χ1) is 15.5. The number of hydrogen-bond donors (Lipinski definition) is 4. The smallest absolute Gasteiger partial charge is 0.475 e. The number of pyridine rings is 1. The highest BCUT2D eigenvalue weighted by molar-refractivity contribution is 5.90. The number of carbonyl (C=O) groups excluding carboxylic acids is 1. The van der Waals surface area contributed by atoms with Crippen LogP contribution in [0.5, 0.6) is 0 Å². The Balaban J connectivity index is 0.000000383. The molecule has 0 saturated heterocycles. The number of aryl methyl sites for hydroxylation is 2. The summed E-state index contributed by atoms with van der Waals surface area (Å²) in [5.74, 6) is -2.88. The molecule has 0 radical (unpaired) electrons. The van der Waals surface area contributed by atoms with E-state index in [2.05, 4.69) is 15.4 Å². The van der Waals surface area contributed by atoms with Crippen LogP contribution in [0.2, 0.25) is 0 Å². The number of aliphatic carboxylic acids is 1. The zero-order valence-electron chi connectivity index (χ0n) is 17.4. The molecule has 0 spiro atoms. The first kappa shape index (κ1) is 24.0. The van der Waals surface area contributed by atoms with E-state index in [-0.39, 0.29) is 23.9 Å². The van der Waals surface area contributed by atoms with E-state index < -0.39 is 12.1 Å². The minimum atomic E-state index is -5.08. The summed E-state index contributed by atoms with van der Waals surface area (Å²) in [6.45, 7) is 0.401. The van der Waals surface area contributed by atoms with Gasteiger partial charge < -0.3 is 16.2 Å². The predicted molar refractivity (Wildman–Crippen MR) is 114 cm³/mol. The number of amides is 1. The summed E-state index contributed by atoms with van der Waals surface area (Å²) in [6.07, 6.45) is -0.498. The second kappa shape index (κ2) is 9.86. The maximum Gasteiger partial charge on any atom is 0.490 e. The first-order valence-corrected chi connectivity index (χ1v) is 10.1. The maximum absolute atomic E-state index is 12.3. The third-order valence-corrected chi connectivity index (χ3v) is 5.06. The van der Waals surface area contributed by atoms with Gasteiger partial charge in [-0.05, 0) is 43.0 Å². The van der Waals surface area contributed by atoms with Gasteiger partial charge in [-0.15, -0.1) is 0 Å². The predicted octanol–water partition coefficient (Wildman–Crippen LogP) is 2.20. The molecule has 4 rings (SSSR count). The molecule has 9 nitrogen and oxygen atoms in total. The summed E-state index contributed by atoms with van der Waals surface area (Å²) >= 11 is 0. The minimum Gasteiger partial charge on any atom is -0.475 e. The quantitative estimate of drug-likeness (QED) is 0.465. The molecule has 2 heterocycles. The van der Waals surface area contributed by atoms with Gasteiger partial charge in [0.15, 0.2) is 0 Å². The number of carboxylic acids is 1. The number of halogens is 3. The lowest BCUT2D eigenvalue weighted by Crippen LogP contribution is -2.28. The van der Waals surface area contributed by atoms with E-state index in [0.717, 1.165) is 36.0 Å². The number of fused-ring (bicyclic) bond motifs is 2. The molecule has 1 aliphatic carbocycles. The summed E-state index contributed by atoms with van der Waals surface area (Å²) in [6, 6.07) is 9.45. The number of alkyl halides is 3. The number of nitrogens with zero attached hydrogens (tertiary/aromatic N) is 2. The fourth-order valence-electron chi connectivity index (χ4n) is 3.47. The largest absolute Gasteiger partial charge is 0.490 e. The summed E-state index contributed by atoms with van der Waals surface area (Å²) in [4.78, 5) is 37.5. The number of benzene rings is 1. The molecule has 0 aliphatic heterocycles. The van der Waals surface area contributed by atoms with Crippen molar-refractivity contribution in [2.75, 3.05) is 5.32 Å². The molecule has 3 aromatic rings. The zero-order valence-corrected chi connectivity index (χ0v) is 17.4. The molecule has 1 unspecified atom stereocenters. The monoisotopic (exact) mass is 465 g/mol. The van der Waals surface area contributed by atoms with E-state index >= 15 is 0 Å². The van der Waals surface area contributed by atoms with Crippen molar-refractivity contribution in [3.8, 4) is 0 Å². The highest BCUT2D eigenvalue weighted by atomic mass is 19.4. The number of H-pyrrole nitrogens is 1. The average Bonchev–Trinajstić information content (AvgIpc) is 3.08. The summed E-state index contributed by atoms with van der Waals surface area (Å²) in [5.41, 5.74) is 9.54. The number of carboxylic acid groups (broad SMARTS) is 1. The molecule has 0 bridgehead atoms. The Bertz CT molecular complexity index is 1220. The Morgan fingerprint density at radius 1 is 1.30 bits per heavy atom. The molecule has 1 aliphatic rings. The summed E-state index contributed by atoms with van der Waals surface area (Å²) < 4.78 is 33.4. The minimum absolute atomic E-state index is 0.120. The second-order valence-corrected chi connectivity index (χ2v) is 7.54. The van der Waals surface area contributed by atoms with Crippen molar-refractivity contribution >= 4 is 28.5 Å². The lowest BCUT2D eigenvalue weighted by Gasteiger charge is -2.21. The number of aromatic amines is 1. The standard InChI is InChI=1S/C19H21N5O2.C2HF3O2/c20-13-5-6-16-12(9-13)10-14(11-21-16)22-18(25)7-8-24-17-4-2-1-3-15(17)19(26)23-24;3-2(4,5)1(6)7/h1-4,10-11,13H,5-9,20H2,(H,22,25)(H,23,26);(H,6,7). The van der Waals surface area contributed by atoms with Crippen LogP contribution in [0.1, 0.15) is 24.1 Å². The summed E-state index contributed by atoms with van der Waals surface area (Å²) in [5, 5.41) is 13.4. The molecule has 0 saturated carbocycles. The van der Waals surface area contributed by atoms with E-state index in [1.807, 2.05) is 24.3 Å². The van der Waals surface area contributed by atoms with Crippen LogP contribution in [-0.4, -0.2) is 44.0 Å². The van der Waals surface area contributed by atoms with E-state index in [4.69, 9.17) is 15.6 Å². The van der Waals surface area contributed by atoms with Gasteiger partial charge >= 0.3 is 12.1 Å². The number of nitrogens with one attached hydrogen (secondary N) is 2. The average molecular weight is 465 g/mol. The van der Waals surface area contributed by atoms with Gasteiger partial charge in [-0.25, -0.2) is 4.79 Å². The van der Waals surface area contributed by atoms with E-state index in [9.17, 15) is 22.8 Å². The Morgan fingerprint density at radius 3 is 2.70 bits per heavy atom. The molecule has 0 fully saturated rings. The van der Waals surface area contributed by atoms with Gasteiger partial charge in [0.25, 0.3) is 5.56 Å². The third-order valence-electron chi connectivity index (χ3n) is 5.06. The second-order valence-electron chi connectivity index (χ2n) is 7.54. The number of aromatic nitrogens is 3. The van der Waals surface area contributed by atoms with Gasteiger partial charge in [0.1, 0.15) is 0 Å². The maximum atomic E-state index is 12.3.